The second-order valence-corrected chi connectivity index (χ2v) is 2.92. The van der Waals surface area contributed by atoms with Crippen LogP contribution in [0.3, 0.4) is 0 Å². The third-order valence-corrected chi connectivity index (χ3v) is 2.41. The van der Waals surface area contributed by atoms with Crippen molar-refractivity contribution >= 4 is 0 Å². The minimum atomic E-state index is 0.155. The molecule has 0 saturated heterocycles. The number of hydrogen-bond donors (Lipinski definition) is 1. The van der Waals surface area contributed by atoms with Gasteiger partial charge in [-0.25, -0.2) is 0 Å². The number of nitrogens with zero attached hydrogens (tertiary/aromatic N) is 1. The van der Waals surface area contributed by atoms with Gasteiger partial charge in [0.25, 0.3) is 0 Å². The summed E-state index contributed by atoms with van der Waals surface area (Å²) in [6.45, 7) is 2.64. The zero-order valence-electron chi connectivity index (χ0n) is 5.72. The summed E-state index contributed by atoms with van der Waals surface area (Å²) in [7, 11) is 0. The van der Waals surface area contributed by atoms with Gasteiger partial charge in [0.15, 0.2) is 0 Å². The highest BCUT2D eigenvalue weighted by molar-refractivity contribution is 5.05. The summed E-state index contributed by atoms with van der Waals surface area (Å²) in [4.78, 5) is 0. The molecule has 2 nitrogen and oxygen atoms in total. The Morgan fingerprint density at radius 1 is 1.78 bits per heavy atom. The fraction of sp³-hybridized carbons (Fsp3) is 0.857. The van der Waals surface area contributed by atoms with E-state index >= 15 is 0 Å². The van der Waals surface area contributed by atoms with E-state index in [2.05, 4.69) is 6.07 Å². The van der Waals surface area contributed by atoms with E-state index in [1.807, 2.05) is 6.92 Å². The third-order valence-electron chi connectivity index (χ3n) is 2.41. The summed E-state index contributed by atoms with van der Waals surface area (Å²) in [5.74, 6) is 0.155. The van der Waals surface area contributed by atoms with Crippen LogP contribution < -0.4 is 5.73 Å². The first-order chi connectivity index (χ1) is 4.25. The minimum Gasteiger partial charge on any atom is -0.330 e. The van der Waals surface area contributed by atoms with Crippen LogP contribution in [-0.2, 0) is 0 Å². The molecule has 9 heavy (non-hydrogen) atoms. The average Bonchev–Trinajstić information content (AvgIpc) is 2.66. The molecule has 0 aromatic carbocycles. The van der Waals surface area contributed by atoms with Crippen LogP contribution in [0.25, 0.3) is 0 Å². The first-order valence-electron chi connectivity index (χ1n) is 3.35. The van der Waals surface area contributed by atoms with Crippen molar-refractivity contribution in [3.8, 4) is 6.07 Å². The fourth-order valence-electron chi connectivity index (χ4n) is 1.11. The van der Waals surface area contributed by atoms with E-state index in [0.29, 0.717) is 6.54 Å². The van der Waals surface area contributed by atoms with Crippen molar-refractivity contribution in [3.05, 3.63) is 0 Å². The summed E-state index contributed by atoms with van der Waals surface area (Å²) in [5, 5.41) is 8.54. The van der Waals surface area contributed by atoms with Gasteiger partial charge in [-0.2, -0.15) is 5.26 Å². The van der Waals surface area contributed by atoms with Gasteiger partial charge in [-0.1, -0.05) is 0 Å². The number of hydrogen-bond acceptors (Lipinski definition) is 2. The second-order valence-electron chi connectivity index (χ2n) is 2.92. The van der Waals surface area contributed by atoms with E-state index in [9.17, 15) is 0 Å². The zero-order valence-corrected chi connectivity index (χ0v) is 5.72. The fourth-order valence-corrected chi connectivity index (χ4v) is 1.11. The van der Waals surface area contributed by atoms with Crippen LogP contribution in [0, 0.1) is 22.7 Å². The van der Waals surface area contributed by atoms with Crippen molar-refractivity contribution in [1.29, 1.82) is 5.26 Å². The molecular formula is C7H12N2. The molecular weight excluding hydrogens is 112 g/mol. The standard InChI is InChI=1S/C7H12N2/c1-6(4-8)7(5-9)2-3-7/h6H,2-3,5,9H2,1H3/t6-/m0/s1. The molecule has 1 atom stereocenters. The summed E-state index contributed by atoms with van der Waals surface area (Å²) in [6.07, 6.45) is 2.30. The molecule has 2 heteroatoms. The highest BCUT2D eigenvalue weighted by Crippen LogP contribution is 2.50. The Morgan fingerprint density at radius 3 is 2.44 bits per heavy atom. The molecule has 1 saturated carbocycles. The Labute approximate surface area is 55.7 Å². The van der Waals surface area contributed by atoms with Crippen molar-refractivity contribution in [2.75, 3.05) is 6.54 Å². The molecule has 1 rings (SSSR count). The van der Waals surface area contributed by atoms with Crippen LogP contribution in [0.1, 0.15) is 19.8 Å². The molecule has 1 fully saturated rings. The zero-order chi connectivity index (χ0) is 6.91. The first kappa shape index (κ1) is 6.57. The molecule has 0 radical (unpaired) electrons. The molecule has 0 spiro atoms. The Balaban J connectivity index is 2.51. The molecule has 1 aliphatic carbocycles. The average molecular weight is 124 g/mol. The van der Waals surface area contributed by atoms with E-state index in [-0.39, 0.29) is 11.3 Å². The normalized spacial score (nSPS) is 24.6. The minimum absolute atomic E-state index is 0.155. The molecule has 2 N–H and O–H groups in total. The molecule has 0 amide bonds. The van der Waals surface area contributed by atoms with Gasteiger partial charge < -0.3 is 5.73 Å². The Bertz CT molecular complexity index is 141. The van der Waals surface area contributed by atoms with Crippen LogP contribution in [0.2, 0.25) is 0 Å². The molecule has 0 bridgehead atoms. The maximum absolute atomic E-state index is 8.54. The van der Waals surface area contributed by atoms with Gasteiger partial charge in [-0.05, 0) is 31.7 Å². The van der Waals surface area contributed by atoms with Crippen LogP contribution in [0.15, 0.2) is 0 Å². The van der Waals surface area contributed by atoms with E-state index < -0.39 is 0 Å². The highest BCUT2D eigenvalue weighted by Gasteiger charge is 2.46. The van der Waals surface area contributed by atoms with Gasteiger partial charge in [-0.15, -0.1) is 0 Å². The van der Waals surface area contributed by atoms with Crippen LogP contribution in [-0.4, -0.2) is 6.54 Å². The first-order valence-corrected chi connectivity index (χ1v) is 3.35. The van der Waals surface area contributed by atoms with E-state index in [1.165, 1.54) is 0 Å². The highest BCUT2D eigenvalue weighted by atomic mass is 14.7. The van der Waals surface area contributed by atoms with Crippen molar-refractivity contribution < 1.29 is 0 Å². The smallest absolute Gasteiger partial charge is 0.0659 e. The quantitative estimate of drug-likeness (QED) is 0.594. The summed E-state index contributed by atoms with van der Waals surface area (Å²) in [5.41, 5.74) is 5.71. The number of rotatable bonds is 2. The van der Waals surface area contributed by atoms with Gasteiger partial charge >= 0.3 is 0 Å². The largest absolute Gasteiger partial charge is 0.330 e. The molecule has 0 aromatic heterocycles. The third kappa shape index (κ3) is 0.927. The van der Waals surface area contributed by atoms with Gasteiger partial charge in [0.05, 0.1) is 12.0 Å². The van der Waals surface area contributed by atoms with Crippen LogP contribution >= 0.6 is 0 Å². The lowest BCUT2D eigenvalue weighted by Gasteiger charge is -2.12. The SMILES string of the molecule is C[C@@H](C#N)C1(CN)CC1. The molecule has 0 unspecified atom stereocenters. The van der Waals surface area contributed by atoms with Gasteiger partial charge in [0, 0.05) is 0 Å². The van der Waals surface area contributed by atoms with E-state index in [1.54, 1.807) is 0 Å². The maximum atomic E-state index is 8.54. The number of nitrogens with two attached hydrogens (primary N) is 1. The lowest BCUT2D eigenvalue weighted by Crippen LogP contribution is -2.21. The van der Waals surface area contributed by atoms with Crippen molar-refractivity contribution in [2.24, 2.45) is 17.1 Å². The van der Waals surface area contributed by atoms with Crippen molar-refractivity contribution in [2.45, 2.75) is 19.8 Å². The molecule has 0 heterocycles. The van der Waals surface area contributed by atoms with Gasteiger partial charge in [-0.3, -0.25) is 0 Å². The molecule has 0 aromatic rings. The van der Waals surface area contributed by atoms with Crippen LogP contribution in [0.4, 0.5) is 0 Å². The van der Waals surface area contributed by atoms with E-state index in [4.69, 9.17) is 11.0 Å². The lowest BCUT2D eigenvalue weighted by atomic mass is 9.92. The molecule has 1 aliphatic rings. The van der Waals surface area contributed by atoms with Crippen molar-refractivity contribution in [1.82, 2.24) is 0 Å². The second kappa shape index (κ2) is 2.00. The summed E-state index contributed by atoms with van der Waals surface area (Å²) in [6, 6.07) is 2.24. The van der Waals surface area contributed by atoms with Gasteiger partial charge in [0.1, 0.15) is 0 Å². The van der Waals surface area contributed by atoms with E-state index in [0.717, 1.165) is 12.8 Å². The monoisotopic (exact) mass is 124 g/mol. The topological polar surface area (TPSA) is 49.8 Å². The Morgan fingerprint density at radius 2 is 2.33 bits per heavy atom. The van der Waals surface area contributed by atoms with Gasteiger partial charge in [0.2, 0.25) is 0 Å². The summed E-state index contributed by atoms with van der Waals surface area (Å²) >= 11 is 0. The predicted molar refractivity (Wildman–Crippen MR) is 35.5 cm³/mol. The van der Waals surface area contributed by atoms with Crippen molar-refractivity contribution in [3.63, 3.8) is 0 Å². The molecule has 50 valence electrons. The summed E-state index contributed by atoms with van der Waals surface area (Å²) < 4.78 is 0. The Kier molecular flexibility index (Phi) is 1.46. The molecule has 0 aliphatic heterocycles. The Hall–Kier alpha value is -0.550. The predicted octanol–water partition coefficient (Wildman–Crippen LogP) is 0.885. The maximum Gasteiger partial charge on any atom is 0.0659 e. The van der Waals surface area contributed by atoms with Crippen LogP contribution in [0.5, 0.6) is 0 Å². The number of nitriles is 1. The lowest BCUT2D eigenvalue weighted by molar-refractivity contribution is 0.416.